The van der Waals surface area contributed by atoms with Gasteiger partial charge in [-0.1, -0.05) is 33.4 Å². The molecule has 0 aromatic heterocycles. The van der Waals surface area contributed by atoms with Gasteiger partial charge in [0.15, 0.2) is 0 Å². The second-order valence-electron chi connectivity index (χ2n) is 10.2. The molecule has 1 aromatic carbocycles. The van der Waals surface area contributed by atoms with Crippen LogP contribution in [-0.2, 0) is 15.9 Å². The summed E-state index contributed by atoms with van der Waals surface area (Å²) in [4.78, 5) is 14.3. The number of nitriles is 1. The molecule has 1 unspecified atom stereocenters. The van der Waals surface area contributed by atoms with Crippen LogP contribution in [0.25, 0.3) is 0 Å². The molecule has 0 saturated heterocycles. The van der Waals surface area contributed by atoms with Gasteiger partial charge in [0.1, 0.15) is 22.8 Å². The molecule has 2 N–H and O–H groups in total. The Bertz CT molecular complexity index is 1050. The maximum atomic E-state index is 12.0. The lowest BCUT2D eigenvalue weighted by Crippen LogP contribution is -2.30. The van der Waals surface area contributed by atoms with E-state index in [-0.39, 0.29) is 18.3 Å². The topological polar surface area (TPSA) is 112 Å². The van der Waals surface area contributed by atoms with Gasteiger partial charge in [0, 0.05) is 6.54 Å². The first kappa shape index (κ1) is 36.7. The molecule has 0 bridgehead atoms. The summed E-state index contributed by atoms with van der Waals surface area (Å²) in [7, 11) is 6.69. The first-order chi connectivity index (χ1) is 18.9. The van der Waals surface area contributed by atoms with Gasteiger partial charge >= 0.3 is 5.97 Å². The minimum Gasteiger partial charge on any atom is -0.510 e. The van der Waals surface area contributed by atoms with E-state index in [0.29, 0.717) is 11.3 Å². The Morgan fingerprint density at radius 2 is 1.82 bits per heavy atom. The molecule has 0 aliphatic carbocycles. The zero-order chi connectivity index (χ0) is 30.9. The number of hydrogen-bond donors (Lipinski definition) is 2. The second kappa shape index (κ2) is 18.9. The number of aliphatic hydroxyl groups excluding tert-OH is 2. The lowest BCUT2D eigenvalue weighted by atomic mass is 9.69. The third kappa shape index (κ3) is 11.4. The van der Waals surface area contributed by atoms with Gasteiger partial charge in [-0.2, -0.15) is 5.26 Å². The number of carbonyl (C=O) groups is 1. The molecule has 0 aliphatic heterocycles. The van der Waals surface area contributed by atoms with Crippen molar-refractivity contribution in [2.24, 2.45) is 11.3 Å². The summed E-state index contributed by atoms with van der Waals surface area (Å²) >= 11 is 0. The molecule has 0 saturated carbocycles. The lowest BCUT2D eigenvalue weighted by Gasteiger charge is -2.33. The van der Waals surface area contributed by atoms with Crippen molar-refractivity contribution in [1.29, 1.82) is 5.26 Å². The van der Waals surface area contributed by atoms with Crippen molar-refractivity contribution >= 4 is 5.97 Å². The fraction of sp³-hybridized carbons (Fsp3) is 0.562. The molecule has 8 nitrogen and oxygen atoms in total. The summed E-state index contributed by atoms with van der Waals surface area (Å²) in [6.07, 6.45) is 5.45. The minimum atomic E-state index is -0.538. The van der Waals surface area contributed by atoms with E-state index < -0.39 is 11.4 Å². The van der Waals surface area contributed by atoms with Crippen LogP contribution < -0.4 is 4.74 Å². The van der Waals surface area contributed by atoms with Gasteiger partial charge in [0.05, 0.1) is 39.4 Å². The van der Waals surface area contributed by atoms with E-state index in [1.54, 1.807) is 14.2 Å². The third-order valence-electron chi connectivity index (χ3n) is 7.15. The highest BCUT2D eigenvalue weighted by Crippen LogP contribution is 2.40. The Balaban J connectivity index is 0.00000277. The van der Waals surface area contributed by atoms with Gasteiger partial charge in [-0.25, -0.2) is 4.79 Å². The zero-order valence-corrected chi connectivity index (χ0v) is 26.0. The Kier molecular flexibility index (Phi) is 17.4. The lowest BCUT2D eigenvalue weighted by molar-refractivity contribution is 0.0597. The highest BCUT2D eigenvalue weighted by molar-refractivity contribution is 5.92. The highest BCUT2D eigenvalue weighted by atomic mass is 16.5. The number of hydrogen-bond acceptors (Lipinski definition) is 8. The summed E-state index contributed by atoms with van der Waals surface area (Å²) < 4.78 is 15.8. The van der Waals surface area contributed by atoms with Gasteiger partial charge in [-0.15, -0.1) is 0 Å². The summed E-state index contributed by atoms with van der Waals surface area (Å²) in [5.74, 6) is 0.963. The van der Waals surface area contributed by atoms with Crippen LogP contribution in [0.5, 0.6) is 5.75 Å². The van der Waals surface area contributed by atoms with E-state index in [2.05, 4.69) is 59.2 Å². The summed E-state index contributed by atoms with van der Waals surface area (Å²) in [5, 5.41) is 26.0. The molecule has 1 rings (SSSR count). The maximum absolute atomic E-state index is 12.0. The Morgan fingerprint density at radius 3 is 2.27 bits per heavy atom. The normalized spacial score (nSPS) is 13.4. The van der Waals surface area contributed by atoms with Crippen molar-refractivity contribution < 1.29 is 29.2 Å². The van der Waals surface area contributed by atoms with Crippen molar-refractivity contribution in [3.8, 4) is 11.8 Å². The van der Waals surface area contributed by atoms with E-state index in [1.165, 1.54) is 12.7 Å². The molecule has 0 spiro atoms. The average Bonchev–Trinajstić information content (AvgIpc) is 2.95. The quantitative estimate of drug-likeness (QED) is 0.148. The largest absolute Gasteiger partial charge is 0.510 e. The SMILES string of the molecule is C=C(O)CO.CC/C(C)=C(/C=C(\C)C(C#N)(CCCN(C)CCc1ccc(OC)c(C(=O)OC)c1)C(C)C)OC. The van der Waals surface area contributed by atoms with Crippen molar-refractivity contribution in [3.05, 3.63) is 64.6 Å². The Morgan fingerprint density at radius 1 is 1.20 bits per heavy atom. The first-order valence-corrected chi connectivity index (χ1v) is 13.6. The van der Waals surface area contributed by atoms with Crippen LogP contribution in [0.2, 0.25) is 0 Å². The third-order valence-corrected chi connectivity index (χ3v) is 7.15. The number of carbonyl (C=O) groups excluding carboxylic acids is 1. The minimum absolute atomic E-state index is 0.185. The van der Waals surface area contributed by atoms with E-state index >= 15 is 0 Å². The molecule has 40 heavy (non-hydrogen) atoms. The van der Waals surface area contributed by atoms with Crippen LogP contribution in [-0.4, -0.2) is 69.2 Å². The van der Waals surface area contributed by atoms with Crippen LogP contribution in [0.3, 0.4) is 0 Å². The molecule has 224 valence electrons. The number of allylic oxidation sites excluding steroid dienone is 3. The monoisotopic (exact) mass is 558 g/mol. The van der Waals surface area contributed by atoms with Gasteiger partial charge in [-0.05, 0) is 94.0 Å². The van der Waals surface area contributed by atoms with Crippen LogP contribution in [0.1, 0.15) is 69.8 Å². The van der Waals surface area contributed by atoms with Crippen LogP contribution in [0, 0.1) is 22.7 Å². The number of benzene rings is 1. The number of esters is 1. The molecule has 0 radical (unpaired) electrons. The van der Waals surface area contributed by atoms with Gasteiger partial charge in [-0.3, -0.25) is 0 Å². The number of aliphatic hydroxyl groups is 2. The van der Waals surface area contributed by atoms with Crippen LogP contribution in [0.15, 0.2) is 53.5 Å². The summed E-state index contributed by atoms with van der Waals surface area (Å²) in [6, 6.07) is 8.27. The molecule has 1 atom stereocenters. The molecule has 0 heterocycles. The first-order valence-electron chi connectivity index (χ1n) is 13.6. The van der Waals surface area contributed by atoms with Crippen molar-refractivity contribution in [2.45, 2.75) is 60.3 Å². The Hall–Kier alpha value is -3.28. The number of likely N-dealkylation sites (N-methyl/N-ethyl adjacent to an activating group) is 1. The fourth-order valence-corrected chi connectivity index (χ4v) is 4.31. The van der Waals surface area contributed by atoms with E-state index in [4.69, 9.17) is 24.4 Å². The Labute approximate surface area is 241 Å². The van der Waals surface area contributed by atoms with E-state index in [9.17, 15) is 10.1 Å². The molecular weight excluding hydrogens is 508 g/mol. The average molecular weight is 559 g/mol. The second-order valence-corrected chi connectivity index (χ2v) is 10.2. The van der Waals surface area contributed by atoms with Crippen molar-refractivity contribution in [1.82, 2.24) is 4.90 Å². The van der Waals surface area contributed by atoms with Crippen molar-refractivity contribution in [2.75, 3.05) is 48.1 Å². The predicted octanol–water partition coefficient (Wildman–Crippen LogP) is 6.23. The molecule has 1 aromatic rings. The number of rotatable bonds is 15. The number of ether oxygens (including phenoxy) is 3. The smallest absolute Gasteiger partial charge is 0.341 e. The van der Waals surface area contributed by atoms with Gasteiger partial charge in [0.2, 0.25) is 0 Å². The summed E-state index contributed by atoms with van der Waals surface area (Å²) in [5.41, 5.74) is 3.18. The fourth-order valence-electron chi connectivity index (χ4n) is 4.31. The van der Waals surface area contributed by atoms with E-state index in [1.807, 2.05) is 24.3 Å². The molecule has 8 heteroatoms. The standard InChI is InChI=1S/C29H44N2O4.C3H6O2/c1-10-22(4)27(34-8)18-23(5)29(20-30,21(2)3)15-11-16-31(6)17-14-24-12-13-26(33-7)25(19-24)28(32)35-9;1-3(5)2-4/h12-13,18-19,21H,10-11,14-17H2,1-9H3;4-5H,1-2H2/b23-18+,27-22-;. The van der Waals surface area contributed by atoms with Crippen molar-refractivity contribution in [3.63, 3.8) is 0 Å². The van der Waals surface area contributed by atoms with Gasteiger partial charge in [0.25, 0.3) is 0 Å². The molecule has 0 aliphatic rings. The molecule has 0 amide bonds. The number of nitrogens with zero attached hydrogens (tertiary/aromatic N) is 2. The van der Waals surface area contributed by atoms with Crippen LogP contribution in [0.4, 0.5) is 0 Å². The van der Waals surface area contributed by atoms with E-state index in [0.717, 1.165) is 55.7 Å². The summed E-state index contributed by atoms with van der Waals surface area (Å²) in [6.45, 7) is 14.8. The van der Waals surface area contributed by atoms with Gasteiger partial charge < -0.3 is 29.3 Å². The molecule has 0 fully saturated rings. The maximum Gasteiger partial charge on any atom is 0.341 e. The highest BCUT2D eigenvalue weighted by Gasteiger charge is 2.35. The van der Waals surface area contributed by atoms with Crippen LogP contribution >= 0.6 is 0 Å². The number of methoxy groups -OCH3 is 3. The zero-order valence-electron chi connectivity index (χ0n) is 26.0. The molecular formula is C32H50N2O6. The predicted molar refractivity (Wildman–Crippen MR) is 160 cm³/mol.